The topological polar surface area (TPSA) is 86.8 Å². The normalized spacial score (nSPS) is 12.1. The van der Waals surface area contributed by atoms with Gasteiger partial charge in [-0.3, -0.25) is 13.9 Å². The van der Waals surface area contributed by atoms with Gasteiger partial charge in [0.1, 0.15) is 12.6 Å². The van der Waals surface area contributed by atoms with E-state index >= 15 is 0 Å². The lowest BCUT2D eigenvalue weighted by Gasteiger charge is -2.32. The zero-order valence-electron chi connectivity index (χ0n) is 21.7. The van der Waals surface area contributed by atoms with Crippen molar-refractivity contribution in [1.82, 2.24) is 10.2 Å². The summed E-state index contributed by atoms with van der Waals surface area (Å²) in [5.41, 5.74) is 2.71. The molecule has 0 radical (unpaired) electrons. The van der Waals surface area contributed by atoms with Crippen LogP contribution < -0.4 is 9.62 Å². The first-order valence-electron chi connectivity index (χ1n) is 12.1. The molecule has 0 unspecified atom stereocenters. The average molecular weight is 577 g/mol. The fourth-order valence-electron chi connectivity index (χ4n) is 4.08. The Kier molecular flexibility index (Phi) is 9.82. The molecule has 7 nitrogen and oxygen atoms in total. The number of hydrogen-bond donors (Lipinski definition) is 1. The van der Waals surface area contributed by atoms with E-state index in [2.05, 4.69) is 5.32 Å². The van der Waals surface area contributed by atoms with Gasteiger partial charge in [-0.15, -0.1) is 0 Å². The van der Waals surface area contributed by atoms with Crippen LogP contribution in [0.3, 0.4) is 0 Å². The van der Waals surface area contributed by atoms with Gasteiger partial charge in [-0.25, -0.2) is 8.42 Å². The molecule has 0 aliphatic heterocycles. The van der Waals surface area contributed by atoms with Gasteiger partial charge in [0.25, 0.3) is 10.0 Å². The summed E-state index contributed by atoms with van der Waals surface area (Å²) >= 11 is 12.2. The van der Waals surface area contributed by atoms with Crippen LogP contribution >= 0.6 is 23.2 Å². The highest BCUT2D eigenvalue weighted by Crippen LogP contribution is 2.27. The number of aryl methyl sites for hydroxylation is 2. The van der Waals surface area contributed by atoms with Crippen LogP contribution in [0.15, 0.2) is 71.6 Å². The molecule has 3 rings (SSSR count). The van der Waals surface area contributed by atoms with E-state index in [1.165, 1.54) is 17.0 Å². The standard InChI is InChI=1S/C28H31Cl2N3O4S/c1-5-31-28(35)21(4)32(17-22-11-12-25(29)26(30)16-22)27(34)18-33(23-14-19(2)13-20(3)15-23)38(36,37)24-9-7-6-8-10-24/h6-16,21H,5,17-18H2,1-4H3,(H,31,35)/t21-/m0/s1. The third-order valence-corrected chi connectivity index (χ3v) is 8.49. The maximum absolute atomic E-state index is 13.9. The Morgan fingerprint density at radius 1 is 0.921 bits per heavy atom. The van der Waals surface area contributed by atoms with Crippen molar-refractivity contribution in [3.8, 4) is 0 Å². The van der Waals surface area contributed by atoms with Crippen LogP contribution in [0.1, 0.15) is 30.5 Å². The lowest BCUT2D eigenvalue weighted by atomic mass is 10.1. The Morgan fingerprint density at radius 2 is 1.55 bits per heavy atom. The largest absolute Gasteiger partial charge is 0.355 e. The molecule has 2 amide bonds. The molecule has 0 fully saturated rings. The van der Waals surface area contributed by atoms with E-state index in [-0.39, 0.29) is 17.3 Å². The monoisotopic (exact) mass is 575 g/mol. The van der Waals surface area contributed by atoms with Gasteiger partial charge < -0.3 is 10.2 Å². The number of nitrogens with one attached hydrogen (secondary N) is 1. The summed E-state index contributed by atoms with van der Waals surface area (Å²) in [6.45, 7) is 7.01. The molecular formula is C28H31Cl2N3O4S. The number of sulfonamides is 1. The quantitative estimate of drug-likeness (QED) is 0.352. The van der Waals surface area contributed by atoms with Gasteiger partial charge in [-0.05, 0) is 80.8 Å². The van der Waals surface area contributed by atoms with Crippen molar-refractivity contribution in [3.05, 3.63) is 93.5 Å². The number of likely N-dealkylation sites (N-methyl/N-ethyl adjacent to an activating group) is 1. The van der Waals surface area contributed by atoms with E-state index in [0.29, 0.717) is 27.8 Å². The summed E-state index contributed by atoms with van der Waals surface area (Å²) < 4.78 is 28.7. The third kappa shape index (κ3) is 7.07. The van der Waals surface area contributed by atoms with Crippen molar-refractivity contribution >= 4 is 50.7 Å². The lowest BCUT2D eigenvalue weighted by molar-refractivity contribution is -0.139. The van der Waals surface area contributed by atoms with Gasteiger partial charge in [-0.2, -0.15) is 0 Å². The van der Waals surface area contributed by atoms with Crippen LogP contribution in [-0.2, 0) is 26.2 Å². The molecule has 3 aromatic carbocycles. The Bertz CT molecular complexity index is 1390. The maximum atomic E-state index is 13.9. The van der Waals surface area contributed by atoms with Gasteiger partial charge in [0.05, 0.1) is 20.6 Å². The number of rotatable bonds is 10. The number of nitrogens with zero attached hydrogens (tertiary/aromatic N) is 2. The number of amides is 2. The highest BCUT2D eigenvalue weighted by molar-refractivity contribution is 7.92. The van der Waals surface area contributed by atoms with Crippen LogP contribution in [0.2, 0.25) is 10.0 Å². The lowest BCUT2D eigenvalue weighted by Crippen LogP contribution is -2.51. The number of halogens is 2. The molecule has 1 atom stereocenters. The molecule has 0 aromatic heterocycles. The fourth-order valence-corrected chi connectivity index (χ4v) is 5.82. The number of anilines is 1. The highest BCUT2D eigenvalue weighted by Gasteiger charge is 2.32. The Morgan fingerprint density at radius 3 is 2.13 bits per heavy atom. The summed E-state index contributed by atoms with van der Waals surface area (Å²) in [7, 11) is -4.11. The summed E-state index contributed by atoms with van der Waals surface area (Å²) in [4.78, 5) is 28.0. The number of hydrogen-bond acceptors (Lipinski definition) is 4. The number of carbonyl (C=O) groups is 2. The average Bonchev–Trinajstić information content (AvgIpc) is 2.87. The fraction of sp³-hybridized carbons (Fsp3) is 0.286. The maximum Gasteiger partial charge on any atom is 0.264 e. The molecule has 38 heavy (non-hydrogen) atoms. The second-order valence-corrected chi connectivity index (χ2v) is 11.7. The third-order valence-electron chi connectivity index (χ3n) is 5.96. The van der Waals surface area contributed by atoms with Crippen molar-refractivity contribution < 1.29 is 18.0 Å². The van der Waals surface area contributed by atoms with Crippen LogP contribution in [0.5, 0.6) is 0 Å². The number of benzene rings is 3. The first kappa shape index (κ1) is 29.5. The second-order valence-electron chi connectivity index (χ2n) is 9.01. The molecule has 202 valence electrons. The van der Waals surface area contributed by atoms with E-state index in [4.69, 9.17) is 23.2 Å². The van der Waals surface area contributed by atoms with Crippen LogP contribution in [0.25, 0.3) is 0 Å². The number of carbonyl (C=O) groups excluding carboxylic acids is 2. The molecule has 0 bridgehead atoms. The summed E-state index contributed by atoms with van der Waals surface area (Å²) in [5, 5.41) is 3.40. The molecule has 10 heteroatoms. The van der Waals surface area contributed by atoms with Gasteiger partial charge in [0.15, 0.2) is 0 Å². The van der Waals surface area contributed by atoms with Gasteiger partial charge in [0, 0.05) is 13.1 Å². The van der Waals surface area contributed by atoms with E-state index in [9.17, 15) is 18.0 Å². The summed E-state index contributed by atoms with van der Waals surface area (Å²) in [6, 6.07) is 17.4. The molecule has 0 saturated carbocycles. The molecule has 0 saturated heterocycles. The van der Waals surface area contributed by atoms with Crippen molar-refractivity contribution in [1.29, 1.82) is 0 Å². The minimum atomic E-state index is -4.11. The Labute approximate surface area is 234 Å². The van der Waals surface area contributed by atoms with Crippen molar-refractivity contribution in [2.45, 2.75) is 45.2 Å². The predicted octanol–water partition coefficient (Wildman–Crippen LogP) is 5.36. The molecule has 0 aliphatic rings. The van der Waals surface area contributed by atoms with Crippen LogP contribution in [0, 0.1) is 13.8 Å². The molecule has 0 heterocycles. The smallest absolute Gasteiger partial charge is 0.264 e. The molecule has 1 N–H and O–H groups in total. The molecule has 3 aromatic rings. The van der Waals surface area contributed by atoms with Crippen molar-refractivity contribution in [2.75, 3.05) is 17.4 Å². The highest BCUT2D eigenvalue weighted by atomic mass is 35.5. The second kappa shape index (κ2) is 12.7. The Balaban J connectivity index is 2.06. The van der Waals surface area contributed by atoms with Gasteiger partial charge >= 0.3 is 0 Å². The molecule has 0 spiro atoms. The first-order valence-corrected chi connectivity index (χ1v) is 14.3. The minimum absolute atomic E-state index is 0.0279. The zero-order chi connectivity index (χ0) is 28.0. The minimum Gasteiger partial charge on any atom is -0.355 e. The van der Waals surface area contributed by atoms with Gasteiger partial charge in [0.2, 0.25) is 11.8 Å². The van der Waals surface area contributed by atoms with E-state index in [1.807, 2.05) is 19.9 Å². The zero-order valence-corrected chi connectivity index (χ0v) is 24.1. The predicted molar refractivity (Wildman–Crippen MR) is 152 cm³/mol. The van der Waals surface area contributed by atoms with E-state index < -0.39 is 28.5 Å². The van der Waals surface area contributed by atoms with Gasteiger partial charge in [-0.1, -0.05) is 53.5 Å². The van der Waals surface area contributed by atoms with Crippen LogP contribution in [0.4, 0.5) is 5.69 Å². The van der Waals surface area contributed by atoms with Crippen LogP contribution in [-0.4, -0.2) is 44.3 Å². The Hall–Kier alpha value is -3.07. The van der Waals surface area contributed by atoms with E-state index in [0.717, 1.165) is 15.4 Å². The summed E-state index contributed by atoms with van der Waals surface area (Å²) in [5.74, 6) is -0.904. The van der Waals surface area contributed by atoms with Crippen molar-refractivity contribution in [2.24, 2.45) is 0 Å². The summed E-state index contributed by atoms with van der Waals surface area (Å²) in [6.07, 6.45) is 0. The van der Waals surface area contributed by atoms with Crippen molar-refractivity contribution in [3.63, 3.8) is 0 Å². The first-order chi connectivity index (χ1) is 17.9. The van der Waals surface area contributed by atoms with E-state index in [1.54, 1.807) is 62.4 Å². The SMILES string of the molecule is CCNC(=O)[C@H](C)N(Cc1ccc(Cl)c(Cl)c1)C(=O)CN(c1cc(C)cc(C)c1)S(=O)(=O)c1ccccc1. The molecule has 0 aliphatic carbocycles. The molecular weight excluding hydrogens is 545 g/mol.